The zero-order valence-corrected chi connectivity index (χ0v) is 13.9. The standard InChI is InChI=1S/C16H32N2O3/c1-16(2,14-7-6-8-17-13-14)15(19)18-9-4-5-10-21-12-11-20-3/h14,17H,4-13H2,1-3H3,(H,18,19). The van der Waals surface area contributed by atoms with Gasteiger partial charge in [0.05, 0.1) is 13.2 Å². The van der Waals surface area contributed by atoms with Crippen LogP contribution < -0.4 is 10.6 Å². The molecule has 0 spiro atoms. The monoisotopic (exact) mass is 300 g/mol. The first-order valence-electron chi connectivity index (χ1n) is 8.14. The summed E-state index contributed by atoms with van der Waals surface area (Å²) in [6, 6.07) is 0. The summed E-state index contributed by atoms with van der Waals surface area (Å²) in [5, 5.41) is 6.47. The summed E-state index contributed by atoms with van der Waals surface area (Å²) < 4.78 is 10.3. The van der Waals surface area contributed by atoms with Gasteiger partial charge in [0.25, 0.3) is 0 Å². The average molecular weight is 300 g/mol. The molecule has 1 heterocycles. The van der Waals surface area contributed by atoms with E-state index in [1.807, 2.05) is 0 Å². The number of ether oxygens (including phenoxy) is 2. The molecule has 1 aliphatic heterocycles. The first-order valence-corrected chi connectivity index (χ1v) is 8.14. The van der Waals surface area contributed by atoms with Crippen LogP contribution in [-0.4, -0.2) is 52.5 Å². The molecule has 0 aromatic rings. The highest BCUT2D eigenvalue weighted by atomic mass is 16.5. The molecule has 1 saturated heterocycles. The molecular weight excluding hydrogens is 268 g/mol. The van der Waals surface area contributed by atoms with Crippen molar-refractivity contribution < 1.29 is 14.3 Å². The summed E-state index contributed by atoms with van der Waals surface area (Å²) in [7, 11) is 1.67. The Morgan fingerprint density at radius 1 is 1.29 bits per heavy atom. The van der Waals surface area contributed by atoms with Crippen molar-refractivity contribution in [2.45, 2.75) is 39.5 Å². The van der Waals surface area contributed by atoms with E-state index in [2.05, 4.69) is 24.5 Å². The molecule has 5 nitrogen and oxygen atoms in total. The van der Waals surface area contributed by atoms with Gasteiger partial charge in [-0.15, -0.1) is 0 Å². The number of hydrogen-bond acceptors (Lipinski definition) is 4. The van der Waals surface area contributed by atoms with Crippen molar-refractivity contribution in [1.82, 2.24) is 10.6 Å². The molecule has 1 unspecified atom stereocenters. The molecule has 1 amide bonds. The van der Waals surface area contributed by atoms with Crippen LogP contribution in [0.5, 0.6) is 0 Å². The van der Waals surface area contributed by atoms with Gasteiger partial charge in [0, 0.05) is 25.7 Å². The Morgan fingerprint density at radius 2 is 2.10 bits per heavy atom. The van der Waals surface area contributed by atoms with Gasteiger partial charge in [-0.1, -0.05) is 13.8 Å². The number of unbranched alkanes of at least 4 members (excludes halogenated alkanes) is 1. The first kappa shape index (κ1) is 18.4. The number of piperidine rings is 1. The zero-order valence-electron chi connectivity index (χ0n) is 13.9. The van der Waals surface area contributed by atoms with Crippen molar-refractivity contribution in [1.29, 1.82) is 0 Å². The zero-order chi connectivity index (χ0) is 15.6. The van der Waals surface area contributed by atoms with Crippen molar-refractivity contribution >= 4 is 5.91 Å². The van der Waals surface area contributed by atoms with Crippen molar-refractivity contribution in [3.8, 4) is 0 Å². The number of carbonyl (C=O) groups is 1. The largest absolute Gasteiger partial charge is 0.382 e. The second-order valence-electron chi connectivity index (χ2n) is 6.33. The van der Waals surface area contributed by atoms with Gasteiger partial charge in [-0.25, -0.2) is 0 Å². The lowest BCUT2D eigenvalue weighted by atomic mass is 9.74. The maximum atomic E-state index is 12.4. The molecule has 0 aromatic heterocycles. The van der Waals surface area contributed by atoms with Crippen LogP contribution in [0.2, 0.25) is 0 Å². The SMILES string of the molecule is COCCOCCCCNC(=O)C(C)(C)C1CCCNC1. The minimum Gasteiger partial charge on any atom is -0.382 e. The van der Waals surface area contributed by atoms with Crippen LogP contribution in [-0.2, 0) is 14.3 Å². The van der Waals surface area contributed by atoms with Gasteiger partial charge in [0.2, 0.25) is 5.91 Å². The highest BCUT2D eigenvalue weighted by Gasteiger charge is 2.36. The molecule has 0 aliphatic carbocycles. The molecule has 124 valence electrons. The molecule has 1 fully saturated rings. The van der Waals surface area contributed by atoms with Crippen LogP contribution in [0.3, 0.4) is 0 Å². The van der Waals surface area contributed by atoms with Crippen LogP contribution in [0.25, 0.3) is 0 Å². The molecule has 1 aliphatic rings. The Labute approximate surface area is 129 Å². The Kier molecular flexibility index (Phi) is 8.88. The minimum atomic E-state index is -0.289. The second-order valence-corrected chi connectivity index (χ2v) is 6.33. The van der Waals surface area contributed by atoms with E-state index in [1.54, 1.807) is 7.11 Å². The van der Waals surface area contributed by atoms with Gasteiger partial charge < -0.3 is 20.1 Å². The number of rotatable bonds is 10. The Bertz CT molecular complexity index is 289. The van der Waals surface area contributed by atoms with E-state index >= 15 is 0 Å². The summed E-state index contributed by atoms with van der Waals surface area (Å²) in [5.41, 5.74) is -0.289. The molecule has 1 atom stereocenters. The lowest BCUT2D eigenvalue weighted by Crippen LogP contribution is -2.47. The molecule has 1 rings (SSSR count). The van der Waals surface area contributed by atoms with Gasteiger partial charge in [-0.05, 0) is 44.7 Å². The maximum absolute atomic E-state index is 12.4. The highest BCUT2D eigenvalue weighted by molar-refractivity contribution is 5.82. The van der Waals surface area contributed by atoms with Gasteiger partial charge >= 0.3 is 0 Å². The van der Waals surface area contributed by atoms with Crippen molar-refractivity contribution in [3.63, 3.8) is 0 Å². The number of carbonyl (C=O) groups excluding carboxylic acids is 1. The maximum Gasteiger partial charge on any atom is 0.225 e. The van der Waals surface area contributed by atoms with Crippen LogP contribution in [0.1, 0.15) is 39.5 Å². The lowest BCUT2D eigenvalue weighted by Gasteiger charge is -2.36. The van der Waals surface area contributed by atoms with Crippen LogP contribution in [0.15, 0.2) is 0 Å². The van der Waals surface area contributed by atoms with Crippen molar-refractivity contribution in [3.05, 3.63) is 0 Å². The van der Waals surface area contributed by atoms with Crippen LogP contribution >= 0.6 is 0 Å². The molecule has 21 heavy (non-hydrogen) atoms. The van der Waals surface area contributed by atoms with E-state index < -0.39 is 0 Å². The minimum absolute atomic E-state index is 0.177. The highest BCUT2D eigenvalue weighted by Crippen LogP contribution is 2.31. The molecule has 2 N–H and O–H groups in total. The van der Waals surface area contributed by atoms with Crippen LogP contribution in [0.4, 0.5) is 0 Å². The van der Waals surface area contributed by atoms with E-state index in [-0.39, 0.29) is 11.3 Å². The van der Waals surface area contributed by atoms with Crippen molar-refractivity contribution in [2.75, 3.05) is 46.6 Å². The van der Waals surface area contributed by atoms with E-state index in [4.69, 9.17) is 9.47 Å². The summed E-state index contributed by atoms with van der Waals surface area (Å²) in [4.78, 5) is 12.4. The summed E-state index contributed by atoms with van der Waals surface area (Å²) in [5.74, 6) is 0.611. The number of hydrogen-bond donors (Lipinski definition) is 2. The fourth-order valence-electron chi connectivity index (χ4n) is 2.66. The Balaban J connectivity index is 2.11. The fourth-order valence-corrected chi connectivity index (χ4v) is 2.66. The van der Waals surface area contributed by atoms with Gasteiger partial charge in [-0.2, -0.15) is 0 Å². The molecular formula is C16H32N2O3. The van der Waals surface area contributed by atoms with Gasteiger partial charge in [0.1, 0.15) is 0 Å². The van der Waals surface area contributed by atoms with Gasteiger partial charge in [0.15, 0.2) is 0 Å². The molecule has 0 radical (unpaired) electrons. The third kappa shape index (κ3) is 6.76. The van der Waals surface area contributed by atoms with E-state index in [9.17, 15) is 4.79 Å². The molecule has 0 aromatic carbocycles. The van der Waals surface area contributed by atoms with E-state index in [1.165, 1.54) is 6.42 Å². The number of nitrogens with one attached hydrogen (secondary N) is 2. The van der Waals surface area contributed by atoms with Crippen molar-refractivity contribution in [2.24, 2.45) is 11.3 Å². The quantitative estimate of drug-likeness (QED) is 0.601. The Morgan fingerprint density at radius 3 is 2.76 bits per heavy atom. The third-order valence-corrected chi connectivity index (χ3v) is 4.34. The van der Waals surface area contributed by atoms with Crippen LogP contribution in [0, 0.1) is 11.3 Å². The normalized spacial score (nSPS) is 19.5. The summed E-state index contributed by atoms with van der Waals surface area (Å²) >= 11 is 0. The lowest BCUT2D eigenvalue weighted by molar-refractivity contribution is -0.132. The Hall–Kier alpha value is -0.650. The topological polar surface area (TPSA) is 59.6 Å². The van der Waals surface area contributed by atoms with E-state index in [0.717, 1.165) is 45.5 Å². The van der Waals surface area contributed by atoms with Gasteiger partial charge in [-0.3, -0.25) is 4.79 Å². The predicted molar refractivity (Wildman–Crippen MR) is 84.3 cm³/mol. The first-order chi connectivity index (χ1) is 10.1. The predicted octanol–water partition coefficient (Wildman–Crippen LogP) is 1.57. The number of methoxy groups -OCH3 is 1. The smallest absolute Gasteiger partial charge is 0.225 e. The molecule has 5 heteroatoms. The second kappa shape index (κ2) is 10.1. The molecule has 0 bridgehead atoms. The number of amides is 1. The molecule has 0 saturated carbocycles. The third-order valence-electron chi connectivity index (χ3n) is 4.34. The average Bonchev–Trinajstić information content (AvgIpc) is 2.50. The summed E-state index contributed by atoms with van der Waals surface area (Å²) in [6.45, 7) is 8.91. The van der Waals surface area contributed by atoms with E-state index in [0.29, 0.717) is 19.1 Å². The fraction of sp³-hybridized carbons (Fsp3) is 0.938. The summed E-state index contributed by atoms with van der Waals surface area (Å²) in [6.07, 6.45) is 4.23.